The van der Waals surface area contributed by atoms with E-state index in [2.05, 4.69) is 24.1 Å². The lowest BCUT2D eigenvalue weighted by molar-refractivity contribution is -0.0574. The van der Waals surface area contributed by atoms with Crippen molar-refractivity contribution in [2.24, 2.45) is 5.92 Å². The summed E-state index contributed by atoms with van der Waals surface area (Å²) in [6.45, 7) is 10.3. The zero-order chi connectivity index (χ0) is 12.1. The Bertz CT molecular complexity index is 216. The van der Waals surface area contributed by atoms with Crippen LogP contribution in [0.1, 0.15) is 39.5 Å². The van der Waals surface area contributed by atoms with Gasteiger partial charge in [0.15, 0.2) is 0 Å². The lowest BCUT2D eigenvalue weighted by Crippen LogP contribution is -2.49. The van der Waals surface area contributed by atoms with Crippen molar-refractivity contribution >= 4 is 0 Å². The van der Waals surface area contributed by atoms with Gasteiger partial charge in [0.1, 0.15) is 0 Å². The van der Waals surface area contributed by atoms with Gasteiger partial charge in [-0.1, -0.05) is 6.92 Å². The van der Waals surface area contributed by atoms with Gasteiger partial charge < -0.3 is 10.1 Å². The Hall–Kier alpha value is -0.120. The Morgan fingerprint density at radius 3 is 2.76 bits per heavy atom. The van der Waals surface area contributed by atoms with Crippen molar-refractivity contribution in [3.05, 3.63) is 0 Å². The van der Waals surface area contributed by atoms with Crippen molar-refractivity contribution in [1.29, 1.82) is 0 Å². The van der Waals surface area contributed by atoms with Gasteiger partial charge in [0, 0.05) is 12.6 Å². The van der Waals surface area contributed by atoms with E-state index in [9.17, 15) is 0 Å². The number of nitrogens with zero attached hydrogens (tertiary/aromatic N) is 1. The number of rotatable bonds is 4. The minimum Gasteiger partial charge on any atom is -0.376 e. The van der Waals surface area contributed by atoms with E-state index in [1.165, 1.54) is 45.3 Å². The maximum atomic E-state index is 5.75. The lowest BCUT2D eigenvalue weighted by Gasteiger charge is -2.39. The molecule has 2 aliphatic rings. The van der Waals surface area contributed by atoms with Crippen LogP contribution in [0.15, 0.2) is 0 Å². The van der Waals surface area contributed by atoms with Crippen LogP contribution in [0, 0.1) is 5.92 Å². The van der Waals surface area contributed by atoms with E-state index in [0.29, 0.717) is 12.1 Å². The van der Waals surface area contributed by atoms with E-state index >= 15 is 0 Å². The highest BCUT2D eigenvalue weighted by molar-refractivity contribution is 4.79. The van der Waals surface area contributed by atoms with Gasteiger partial charge in [-0.15, -0.1) is 0 Å². The molecule has 100 valence electrons. The monoisotopic (exact) mass is 240 g/mol. The van der Waals surface area contributed by atoms with Crippen molar-refractivity contribution < 1.29 is 4.74 Å². The standard InChI is InChI=1S/C14H28N2O/c1-3-14-11-17-12(2)10-16(14)9-6-13-4-7-15-8-5-13/h12-15H,3-11H2,1-2H3. The highest BCUT2D eigenvalue weighted by Crippen LogP contribution is 2.20. The first-order valence-electron chi connectivity index (χ1n) is 7.36. The number of hydrogen-bond acceptors (Lipinski definition) is 3. The molecule has 2 saturated heterocycles. The predicted molar refractivity (Wildman–Crippen MR) is 71.3 cm³/mol. The van der Waals surface area contributed by atoms with Crippen LogP contribution in [0.25, 0.3) is 0 Å². The van der Waals surface area contributed by atoms with E-state index < -0.39 is 0 Å². The molecule has 0 aliphatic carbocycles. The molecule has 2 heterocycles. The zero-order valence-corrected chi connectivity index (χ0v) is 11.5. The van der Waals surface area contributed by atoms with Crippen LogP contribution in [-0.4, -0.2) is 49.8 Å². The fourth-order valence-corrected chi connectivity index (χ4v) is 3.08. The second-order valence-electron chi connectivity index (χ2n) is 5.68. The first-order chi connectivity index (χ1) is 8.29. The topological polar surface area (TPSA) is 24.5 Å². The Morgan fingerprint density at radius 2 is 2.06 bits per heavy atom. The van der Waals surface area contributed by atoms with Crippen LogP contribution in [-0.2, 0) is 4.74 Å². The van der Waals surface area contributed by atoms with Crippen LogP contribution < -0.4 is 5.32 Å². The van der Waals surface area contributed by atoms with Crippen molar-refractivity contribution in [1.82, 2.24) is 10.2 Å². The molecule has 0 aromatic heterocycles. The van der Waals surface area contributed by atoms with Crippen LogP contribution in [0.3, 0.4) is 0 Å². The summed E-state index contributed by atoms with van der Waals surface area (Å²) in [6.07, 6.45) is 5.77. The van der Waals surface area contributed by atoms with Crippen molar-refractivity contribution in [2.45, 2.75) is 51.7 Å². The molecule has 0 bridgehead atoms. The SMILES string of the molecule is CCC1COC(C)CN1CCC1CCNCC1. The number of hydrogen-bond donors (Lipinski definition) is 1. The minimum atomic E-state index is 0.422. The predicted octanol–water partition coefficient (Wildman–Crippen LogP) is 1.88. The molecule has 2 atom stereocenters. The molecular weight excluding hydrogens is 212 g/mol. The first-order valence-corrected chi connectivity index (χ1v) is 7.36. The fraction of sp³-hybridized carbons (Fsp3) is 1.00. The van der Waals surface area contributed by atoms with E-state index in [1.54, 1.807) is 0 Å². The Morgan fingerprint density at radius 1 is 1.29 bits per heavy atom. The van der Waals surface area contributed by atoms with Crippen LogP contribution in [0.2, 0.25) is 0 Å². The quantitative estimate of drug-likeness (QED) is 0.812. The molecule has 3 nitrogen and oxygen atoms in total. The van der Waals surface area contributed by atoms with E-state index in [-0.39, 0.29) is 0 Å². The lowest BCUT2D eigenvalue weighted by atomic mass is 9.94. The highest BCUT2D eigenvalue weighted by atomic mass is 16.5. The number of piperidine rings is 1. The third kappa shape index (κ3) is 3.94. The normalized spacial score (nSPS) is 32.8. The summed E-state index contributed by atoms with van der Waals surface area (Å²) in [7, 11) is 0. The van der Waals surface area contributed by atoms with E-state index in [0.717, 1.165) is 19.1 Å². The molecule has 0 aromatic rings. The molecule has 0 radical (unpaired) electrons. The molecule has 0 saturated carbocycles. The molecule has 2 unspecified atom stereocenters. The van der Waals surface area contributed by atoms with Crippen molar-refractivity contribution in [3.8, 4) is 0 Å². The van der Waals surface area contributed by atoms with Gasteiger partial charge in [-0.05, 0) is 58.2 Å². The average Bonchev–Trinajstić information content (AvgIpc) is 2.38. The number of morpholine rings is 1. The second-order valence-corrected chi connectivity index (χ2v) is 5.68. The maximum absolute atomic E-state index is 5.75. The van der Waals surface area contributed by atoms with Crippen LogP contribution >= 0.6 is 0 Å². The average molecular weight is 240 g/mol. The van der Waals surface area contributed by atoms with Gasteiger partial charge in [0.2, 0.25) is 0 Å². The van der Waals surface area contributed by atoms with Gasteiger partial charge in [0.25, 0.3) is 0 Å². The Labute approximate surface area is 106 Å². The van der Waals surface area contributed by atoms with Gasteiger partial charge in [-0.25, -0.2) is 0 Å². The summed E-state index contributed by atoms with van der Waals surface area (Å²) in [4.78, 5) is 2.66. The molecule has 2 rings (SSSR count). The van der Waals surface area contributed by atoms with E-state index in [1.807, 2.05) is 0 Å². The van der Waals surface area contributed by atoms with Gasteiger partial charge in [0.05, 0.1) is 12.7 Å². The minimum absolute atomic E-state index is 0.422. The zero-order valence-electron chi connectivity index (χ0n) is 11.5. The molecule has 3 heteroatoms. The second kappa shape index (κ2) is 6.72. The number of ether oxygens (including phenoxy) is 1. The molecule has 1 N–H and O–H groups in total. The fourth-order valence-electron chi connectivity index (χ4n) is 3.08. The van der Waals surface area contributed by atoms with Crippen molar-refractivity contribution in [3.63, 3.8) is 0 Å². The first kappa shape index (κ1) is 13.3. The third-order valence-electron chi connectivity index (χ3n) is 4.34. The van der Waals surface area contributed by atoms with E-state index in [4.69, 9.17) is 4.74 Å². The van der Waals surface area contributed by atoms with Crippen LogP contribution in [0.4, 0.5) is 0 Å². The molecule has 0 aromatic carbocycles. The summed E-state index contributed by atoms with van der Waals surface area (Å²) in [5.74, 6) is 0.951. The van der Waals surface area contributed by atoms with Crippen molar-refractivity contribution in [2.75, 3.05) is 32.8 Å². The maximum Gasteiger partial charge on any atom is 0.0674 e. The Balaban J connectivity index is 1.74. The smallest absolute Gasteiger partial charge is 0.0674 e. The molecular formula is C14H28N2O. The third-order valence-corrected chi connectivity index (χ3v) is 4.34. The number of nitrogens with one attached hydrogen (secondary N) is 1. The summed E-state index contributed by atoms with van der Waals surface area (Å²) >= 11 is 0. The molecule has 2 aliphatic heterocycles. The molecule has 0 spiro atoms. The van der Waals surface area contributed by atoms with Gasteiger partial charge >= 0.3 is 0 Å². The molecule has 0 amide bonds. The van der Waals surface area contributed by atoms with Gasteiger partial charge in [-0.2, -0.15) is 0 Å². The summed E-state index contributed by atoms with van der Waals surface area (Å²) in [5, 5.41) is 3.45. The largest absolute Gasteiger partial charge is 0.376 e. The summed E-state index contributed by atoms with van der Waals surface area (Å²) in [6, 6.07) is 0.660. The summed E-state index contributed by atoms with van der Waals surface area (Å²) in [5.41, 5.74) is 0. The summed E-state index contributed by atoms with van der Waals surface area (Å²) < 4.78 is 5.75. The molecule has 17 heavy (non-hydrogen) atoms. The highest BCUT2D eigenvalue weighted by Gasteiger charge is 2.26. The van der Waals surface area contributed by atoms with Gasteiger partial charge in [-0.3, -0.25) is 4.90 Å². The molecule has 2 fully saturated rings. The van der Waals surface area contributed by atoms with Crippen LogP contribution in [0.5, 0.6) is 0 Å². The Kier molecular flexibility index (Phi) is 5.26.